The third-order valence-corrected chi connectivity index (χ3v) is 5.02. The summed E-state index contributed by atoms with van der Waals surface area (Å²) in [7, 11) is 0. The van der Waals surface area contributed by atoms with Crippen LogP contribution in [0.2, 0.25) is 0 Å². The second-order valence-electron chi connectivity index (χ2n) is 6.91. The molecule has 3 heterocycles. The number of H-pyrrole nitrogens is 1. The van der Waals surface area contributed by atoms with Gasteiger partial charge in [0.05, 0.1) is 5.56 Å². The molecular formula is C21H21N5O2. The third-order valence-electron chi connectivity index (χ3n) is 5.02. The van der Waals surface area contributed by atoms with Gasteiger partial charge in [-0.3, -0.25) is 14.6 Å². The predicted octanol–water partition coefficient (Wildman–Crippen LogP) is 2.59. The Hall–Kier alpha value is -3.48. The normalized spacial score (nSPS) is 16.7. The van der Waals surface area contributed by atoms with E-state index in [1.54, 1.807) is 24.5 Å². The van der Waals surface area contributed by atoms with Crippen molar-refractivity contribution in [1.29, 1.82) is 0 Å². The molecule has 1 aliphatic heterocycles. The molecule has 0 unspecified atom stereocenters. The van der Waals surface area contributed by atoms with Crippen molar-refractivity contribution in [2.45, 2.75) is 18.8 Å². The molecule has 0 saturated carbocycles. The van der Waals surface area contributed by atoms with Crippen LogP contribution in [0.5, 0.6) is 0 Å². The first-order valence-corrected chi connectivity index (χ1v) is 9.28. The van der Waals surface area contributed by atoms with Crippen molar-refractivity contribution in [1.82, 2.24) is 19.9 Å². The van der Waals surface area contributed by atoms with Crippen LogP contribution in [0.4, 0.5) is 0 Å². The van der Waals surface area contributed by atoms with Crippen molar-refractivity contribution in [2.75, 3.05) is 13.1 Å². The molecule has 142 valence electrons. The molecule has 0 bridgehead atoms. The van der Waals surface area contributed by atoms with Crippen LogP contribution in [0.3, 0.4) is 0 Å². The summed E-state index contributed by atoms with van der Waals surface area (Å²) in [5, 5.41) is 0. The minimum Gasteiger partial charge on any atom is -0.364 e. The van der Waals surface area contributed by atoms with E-state index in [4.69, 9.17) is 5.73 Å². The molecule has 4 rings (SSSR count). The maximum Gasteiger partial charge on any atom is 0.267 e. The SMILES string of the molecule is NC(=O)c1[nH]c([C@@H]2CCCN(C(=O)c3cccnc3)C2)nc1-c1ccccc1. The highest BCUT2D eigenvalue weighted by Crippen LogP contribution is 2.29. The molecule has 1 saturated heterocycles. The molecule has 0 spiro atoms. The van der Waals surface area contributed by atoms with Gasteiger partial charge in [0.15, 0.2) is 0 Å². The molecule has 2 aromatic heterocycles. The lowest BCUT2D eigenvalue weighted by Gasteiger charge is -2.31. The molecule has 3 aromatic rings. The van der Waals surface area contributed by atoms with Gasteiger partial charge in [0.1, 0.15) is 17.2 Å². The number of carbonyl (C=O) groups excluding carboxylic acids is 2. The van der Waals surface area contributed by atoms with E-state index in [9.17, 15) is 9.59 Å². The molecule has 3 N–H and O–H groups in total. The quantitative estimate of drug-likeness (QED) is 0.731. The van der Waals surface area contributed by atoms with Crippen molar-refractivity contribution < 1.29 is 9.59 Å². The standard InChI is InChI=1S/C21H21N5O2/c22-19(27)18-17(14-6-2-1-3-7-14)24-20(25-18)16-9-5-11-26(13-16)21(28)15-8-4-10-23-12-15/h1-4,6-8,10,12,16H,5,9,11,13H2,(H2,22,27)(H,24,25)/t16-/m1/s1. The summed E-state index contributed by atoms with van der Waals surface area (Å²) < 4.78 is 0. The Balaban J connectivity index is 1.60. The minimum absolute atomic E-state index is 0.0185. The van der Waals surface area contributed by atoms with E-state index in [2.05, 4.69) is 15.0 Å². The zero-order valence-corrected chi connectivity index (χ0v) is 15.3. The molecule has 0 aliphatic carbocycles. The second kappa shape index (κ2) is 7.64. The number of pyridine rings is 1. The highest BCUT2D eigenvalue weighted by atomic mass is 16.2. The molecule has 2 amide bonds. The van der Waals surface area contributed by atoms with Crippen LogP contribution in [0.25, 0.3) is 11.3 Å². The second-order valence-corrected chi connectivity index (χ2v) is 6.91. The number of imidazole rings is 1. The molecule has 1 fully saturated rings. The van der Waals surface area contributed by atoms with Crippen LogP contribution in [0, 0.1) is 0 Å². The lowest BCUT2D eigenvalue weighted by molar-refractivity contribution is 0.0704. The van der Waals surface area contributed by atoms with Crippen molar-refractivity contribution in [3.05, 3.63) is 71.9 Å². The van der Waals surface area contributed by atoms with Crippen LogP contribution in [-0.2, 0) is 0 Å². The highest BCUT2D eigenvalue weighted by Gasteiger charge is 2.29. The molecule has 0 radical (unpaired) electrons. The smallest absolute Gasteiger partial charge is 0.267 e. The Morgan fingerprint density at radius 1 is 1.14 bits per heavy atom. The lowest BCUT2D eigenvalue weighted by atomic mass is 9.97. The summed E-state index contributed by atoms with van der Waals surface area (Å²) in [6.07, 6.45) is 4.98. The zero-order chi connectivity index (χ0) is 19.5. The van der Waals surface area contributed by atoms with E-state index in [0.717, 1.165) is 18.4 Å². The van der Waals surface area contributed by atoms with Gasteiger partial charge in [-0.2, -0.15) is 0 Å². The topological polar surface area (TPSA) is 105 Å². The van der Waals surface area contributed by atoms with E-state index in [1.165, 1.54) is 0 Å². The number of primary amides is 1. The molecule has 28 heavy (non-hydrogen) atoms. The average molecular weight is 375 g/mol. The first-order valence-electron chi connectivity index (χ1n) is 9.28. The van der Waals surface area contributed by atoms with Gasteiger partial charge in [0.25, 0.3) is 11.8 Å². The number of amides is 2. The number of aromatic nitrogens is 3. The average Bonchev–Trinajstić information content (AvgIpc) is 3.21. The van der Waals surface area contributed by atoms with Crippen LogP contribution >= 0.6 is 0 Å². The molecule has 1 aromatic carbocycles. The van der Waals surface area contributed by atoms with Gasteiger partial charge in [-0.05, 0) is 25.0 Å². The molecule has 1 atom stereocenters. The predicted molar refractivity (Wildman–Crippen MR) is 105 cm³/mol. The first kappa shape index (κ1) is 17.9. The van der Waals surface area contributed by atoms with E-state index < -0.39 is 5.91 Å². The summed E-state index contributed by atoms with van der Waals surface area (Å²) in [5.74, 6) is 0.126. The number of nitrogens with one attached hydrogen (secondary N) is 1. The summed E-state index contributed by atoms with van der Waals surface area (Å²) in [6, 6.07) is 13.0. The summed E-state index contributed by atoms with van der Waals surface area (Å²) in [4.78, 5) is 38.3. The number of hydrogen-bond acceptors (Lipinski definition) is 4. The Labute approximate surface area is 162 Å². The third kappa shape index (κ3) is 3.51. The summed E-state index contributed by atoms with van der Waals surface area (Å²) in [5.41, 5.74) is 7.83. The van der Waals surface area contributed by atoms with E-state index >= 15 is 0 Å². The van der Waals surface area contributed by atoms with Gasteiger partial charge in [-0.15, -0.1) is 0 Å². The highest BCUT2D eigenvalue weighted by molar-refractivity contribution is 5.97. The maximum absolute atomic E-state index is 12.8. The van der Waals surface area contributed by atoms with Crippen molar-refractivity contribution in [3.8, 4) is 11.3 Å². The van der Waals surface area contributed by atoms with Gasteiger partial charge in [-0.25, -0.2) is 4.98 Å². The number of piperidine rings is 1. The number of hydrogen-bond donors (Lipinski definition) is 2. The number of nitrogens with zero attached hydrogens (tertiary/aromatic N) is 3. The first-order chi connectivity index (χ1) is 13.6. The van der Waals surface area contributed by atoms with Crippen molar-refractivity contribution in [3.63, 3.8) is 0 Å². The Kier molecular flexibility index (Phi) is 4.89. The molecule has 7 nitrogen and oxygen atoms in total. The van der Waals surface area contributed by atoms with Crippen LogP contribution < -0.4 is 5.73 Å². The lowest BCUT2D eigenvalue weighted by Crippen LogP contribution is -2.39. The van der Waals surface area contributed by atoms with Crippen molar-refractivity contribution >= 4 is 11.8 Å². The number of benzene rings is 1. The fraction of sp³-hybridized carbons (Fsp3) is 0.238. The van der Waals surface area contributed by atoms with Gasteiger partial charge in [-0.1, -0.05) is 30.3 Å². The number of nitrogens with two attached hydrogens (primary N) is 1. The number of rotatable bonds is 4. The minimum atomic E-state index is -0.545. The zero-order valence-electron chi connectivity index (χ0n) is 15.3. The van der Waals surface area contributed by atoms with Crippen molar-refractivity contribution in [2.24, 2.45) is 5.73 Å². The number of aromatic amines is 1. The van der Waals surface area contributed by atoms with Gasteiger partial charge in [0, 0.05) is 37.0 Å². The summed E-state index contributed by atoms with van der Waals surface area (Å²) in [6.45, 7) is 1.23. The van der Waals surface area contributed by atoms with E-state index in [0.29, 0.717) is 35.9 Å². The fourth-order valence-corrected chi connectivity index (χ4v) is 3.62. The molecular weight excluding hydrogens is 354 g/mol. The van der Waals surface area contributed by atoms with Crippen LogP contribution in [0.15, 0.2) is 54.9 Å². The maximum atomic E-state index is 12.8. The monoisotopic (exact) mass is 375 g/mol. The Bertz CT molecular complexity index is 985. The van der Waals surface area contributed by atoms with E-state index in [1.807, 2.05) is 35.2 Å². The Morgan fingerprint density at radius 3 is 2.68 bits per heavy atom. The largest absolute Gasteiger partial charge is 0.364 e. The van der Waals surface area contributed by atoms with Gasteiger partial charge < -0.3 is 15.6 Å². The number of carbonyl (C=O) groups is 2. The van der Waals surface area contributed by atoms with Crippen LogP contribution in [-0.4, -0.2) is 44.8 Å². The van der Waals surface area contributed by atoms with Crippen LogP contribution in [0.1, 0.15) is 45.4 Å². The number of likely N-dealkylation sites (tertiary alicyclic amines) is 1. The summed E-state index contributed by atoms with van der Waals surface area (Å²) >= 11 is 0. The van der Waals surface area contributed by atoms with Gasteiger partial charge >= 0.3 is 0 Å². The van der Waals surface area contributed by atoms with E-state index in [-0.39, 0.29) is 11.8 Å². The fourth-order valence-electron chi connectivity index (χ4n) is 3.62. The molecule has 1 aliphatic rings. The Morgan fingerprint density at radius 2 is 1.96 bits per heavy atom. The molecule has 7 heteroatoms. The van der Waals surface area contributed by atoms with Gasteiger partial charge in [0.2, 0.25) is 0 Å².